The molecule has 0 heterocycles. The molecule has 18 heavy (non-hydrogen) atoms. The van der Waals surface area contributed by atoms with Crippen molar-refractivity contribution in [3.8, 4) is 5.75 Å². The lowest BCUT2D eigenvalue weighted by molar-refractivity contribution is -0.120. The van der Waals surface area contributed by atoms with E-state index >= 15 is 0 Å². The fourth-order valence-electron chi connectivity index (χ4n) is 1.66. The molecule has 1 rings (SSSR count). The van der Waals surface area contributed by atoms with Crippen LogP contribution in [0, 0.1) is 5.92 Å². The minimum Gasteiger partial charge on any atom is -0.433 e. The van der Waals surface area contributed by atoms with Crippen LogP contribution in [0.1, 0.15) is 26.7 Å². The number of benzene rings is 1. The van der Waals surface area contributed by atoms with E-state index in [9.17, 15) is 13.6 Å². The molecule has 1 N–H and O–H groups in total. The van der Waals surface area contributed by atoms with Gasteiger partial charge in [0.2, 0.25) is 5.91 Å². The third kappa shape index (κ3) is 3.98. The molecule has 0 atom stereocenters. The molecule has 1 amide bonds. The van der Waals surface area contributed by atoms with Crippen molar-refractivity contribution in [2.24, 2.45) is 5.92 Å². The fourth-order valence-corrected chi connectivity index (χ4v) is 1.66. The summed E-state index contributed by atoms with van der Waals surface area (Å²) in [6, 6.07) is 6.16. The number of nitrogens with one attached hydrogen (secondary N) is 1. The van der Waals surface area contributed by atoms with Gasteiger partial charge in [0, 0.05) is 5.92 Å². The second-order valence-electron chi connectivity index (χ2n) is 3.88. The topological polar surface area (TPSA) is 38.3 Å². The standard InChI is InChI=1S/C13H17F2NO2/c1-3-9(4-2)12(17)16-10-7-5-6-8-11(10)18-13(14)15/h5-9,13H,3-4H2,1-2H3,(H,16,17). The van der Waals surface area contributed by atoms with E-state index < -0.39 is 6.61 Å². The second-order valence-corrected chi connectivity index (χ2v) is 3.88. The van der Waals surface area contributed by atoms with Crippen molar-refractivity contribution in [2.75, 3.05) is 5.32 Å². The smallest absolute Gasteiger partial charge is 0.387 e. The molecule has 0 aliphatic rings. The third-order valence-corrected chi connectivity index (χ3v) is 2.72. The lowest BCUT2D eigenvalue weighted by atomic mass is 10.0. The number of carbonyl (C=O) groups is 1. The van der Waals surface area contributed by atoms with Crippen molar-refractivity contribution in [3.63, 3.8) is 0 Å². The third-order valence-electron chi connectivity index (χ3n) is 2.72. The summed E-state index contributed by atoms with van der Waals surface area (Å²) in [5.41, 5.74) is 0.273. The van der Waals surface area contributed by atoms with E-state index in [1.165, 1.54) is 12.1 Å². The van der Waals surface area contributed by atoms with E-state index in [4.69, 9.17) is 0 Å². The predicted molar refractivity (Wildman–Crippen MR) is 65.8 cm³/mol. The summed E-state index contributed by atoms with van der Waals surface area (Å²) in [6.45, 7) is 0.918. The predicted octanol–water partition coefficient (Wildman–Crippen LogP) is 3.66. The zero-order valence-corrected chi connectivity index (χ0v) is 10.5. The summed E-state index contributed by atoms with van der Waals surface area (Å²) in [5.74, 6) is -0.318. The lowest BCUT2D eigenvalue weighted by Crippen LogP contribution is -2.22. The van der Waals surface area contributed by atoms with Crippen molar-refractivity contribution in [1.82, 2.24) is 0 Å². The van der Waals surface area contributed by atoms with Crippen LogP contribution >= 0.6 is 0 Å². The van der Waals surface area contributed by atoms with Crippen LogP contribution in [-0.2, 0) is 4.79 Å². The Morgan fingerprint density at radius 2 is 1.89 bits per heavy atom. The summed E-state index contributed by atoms with van der Waals surface area (Å²) in [4.78, 5) is 11.9. The second kappa shape index (κ2) is 6.93. The summed E-state index contributed by atoms with van der Waals surface area (Å²) in [6.07, 6.45) is 1.42. The maximum absolute atomic E-state index is 12.2. The number of alkyl halides is 2. The Kier molecular flexibility index (Phi) is 5.55. The van der Waals surface area contributed by atoms with E-state index in [2.05, 4.69) is 10.1 Å². The maximum atomic E-state index is 12.2. The Balaban J connectivity index is 2.80. The molecule has 0 saturated heterocycles. The zero-order valence-electron chi connectivity index (χ0n) is 10.5. The first-order valence-electron chi connectivity index (χ1n) is 5.93. The Labute approximate surface area is 105 Å². The fraction of sp³-hybridized carbons (Fsp3) is 0.462. The summed E-state index contributed by atoms with van der Waals surface area (Å²) in [7, 11) is 0. The van der Waals surface area contributed by atoms with Gasteiger partial charge in [-0.25, -0.2) is 0 Å². The number of carbonyl (C=O) groups excluding carboxylic acids is 1. The Hall–Kier alpha value is -1.65. The molecular weight excluding hydrogens is 240 g/mol. The van der Waals surface area contributed by atoms with Crippen molar-refractivity contribution < 1.29 is 18.3 Å². The van der Waals surface area contributed by atoms with Gasteiger partial charge in [0.1, 0.15) is 5.75 Å². The molecule has 100 valence electrons. The molecule has 0 bridgehead atoms. The van der Waals surface area contributed by atoms with Crippen LogP contribution in [0.5, 0.6) is 5.75 Å². The molecule has 0 aliphatic carbocycles. The maximum Gasteiger partial charge on any atom is 0.387 e. The van der Waals surface area contributed by atoms with Crippen LogP contribution in [0.4, 0.5) is 14.5 Å². The van der Waals surface area contributed by atoms with Crippen molar-refractivity contribution >= 4 is 11.6 Å². The SMILES string of the molecule is CCC(CC)C(=O)Nc1ccccc1OC(F)F. The van der Waals surface area contributed by atoms with Crippen LogP contribution in [0.25, 0.3) is 0 Å². The van der Waals surface area contributed by atoms with E-state index in [1.54, 1.807) is 12.1 Å². The van der Waals surface area contributed by atoms with E-state index in [-0.39, 0.29) is 23.3 Å². The number of anilines is 1. The van der Waals surface area contributed by atoms with Gasteiger partial charge in [-0.3, -0.25) is 4.79 Å². The average Bonchev–Trinajstić information content (AvgIpc) is 2.32. The van der Waals surface area contributed by atoms with Crippen LogP contribution in [-0.4, -0.2) is 12.5 Å². The molecule has 1 aromatic carbocycles. The summed E-state index contributed by atoms with van der Waals surface area (Å²) >= 11 is 0. The van der Waals surface area contributed by atoms with Crippen molar-refractivity contribution in [1.29, 1.82) is 0 Å². The molecule has 0 unspecified atom stereocenters. The molecule has 0 radical (unpaired) electrons. The van der Waals surface area contributed by atoms with Gasteiger partial charge in [-0.15, -0.1) is 0 Å². The molecule has 1 aromatic rings. The highest BCUT2D eigenvalue weighted by Gasteiger charge is 2.16. The average molecular weight is 257 g/mol. The largest absolute Gasteiger partial charge is 0.433 e. The Bertz CT molecular complexity index is 392. The van der Waals surface area contributed by atoms with Crippen LogP contribution in [0.2, 0.25) is 0 Å². The van der Waals surface area contributed by atoms with Crippen LogP contribution in [0.3, 0.4) is 0 Å². The summed E-state index contributed by atoms with van der Waals surface area (Å²) in [5, 5.41) is 2.62. The number of amides is 1. The van der Waals surface area contributed by atoms with E-state index in [0.29, 0.717) is 12.8 Å². The molecule has 3 nitrogen and oxygen atoms in total. The van der Waals surface area contributed by atoms with Crippen molar-refractivity contribution in [3.05, 3.63) is 24.3 Å². The first-order valence-corrected chi connectivity index (χ1v) is 5.93. The van der Waals surface area contributed by atoms with Gasteiger partial charge in [-0.05, 0) is 25.0 Å². The lowest BCUT2D eigenvalue weighted by Gasteiger charge is -2.15. The number of ether oxygens (including phenoxy) is 1. The molecule has 5 heteroatoms. The van der Waals surface area contributed by atoms with Crippen LogP contribution in [0.15, 0.2) is 24.3 Å². The molecule has 0 aliphatic heterocycles. The number of halogens is 2. The highest BCUT2D eigenvalue weighted by Crippen LogP contribution is 2.26. The quantitative estimate of drug-likeness (QED) is 0.844. The van der Waals surface area contributed by atoms with Gasteiger partial charge in [-0.1, -0.05) is 26.0 Å². The molecule has 0 fully saturated rings. The van der Waals surface area contributed by atoms with Gasteiger partial charge < -0.3 is 10.1 Å². The first-order chi connectivity index (χ1) is 8.58. The Morgan fingerprint density at radius 1 is 1.28 bits per heavy atom. The number of hydrogen-bond acceptors (Lipinski definition) is 2. The molecule has 0 saturated carbocycles. The zero-order chi connectivity index (χ0) is 13.5. The van der Waals surface area contributed by atoms with Gasteiger partial charge >= 0.3 is 6.61 Å². The first kappa shape index (κ1) is 14.4. The van der Waals surface area contributed by atoms with E-state index in [1.807, 2.05) is 13.8 Å². The molecule has 0 spiro atoms. The molecule has 0 aromatic heterocycles. The van der Waals surface area contributed by atoms with Crippen molar-refractivity contribution in [2.45, 2.75) is 33.3 Å². The van der Waals surface area contributed by atoms with E-state index in [0.717, 1.165) is 0 Å². The molecular formula is C13H17F2NO2. The number of para-hydroxylation sites is 2. The van der Waals surface area contributed by atoms with Crippen LogP contribution < -0.4 is 10.1 Å². The summed E-state index contributed by atoms with van der Waals surface area (Å²) < 4.78 is 28.7. The highest BCUT2D eigenvalue weighted by atomic mass is 19.3. The normalized spacial score (nSPS) is 10.8. The minimum atomic E-state index is -2.91. The minimum absolute atomic E-state index is 0.0215. The number of hydrogen-bond donors (Lipinski definition) is 1. The van der Waals surface area contributed by atoms with Gasteiger partial charge in [0.15, 0.2) is 0 Å². The van der Waals surface area contributed by atoms with Gasteiger partial charge in [0.25, 0.3) is 0 Å². The number of rotatable bonds is 6. The van der Waals surface area contributed by atoms with Gasteiger partial charge in [0.05, 0.1) is 5.69 Å². The Morgan fingerprint density at radius 3 is 2.44 bits per heavy atom. The highest BCUT2D eigenvalue weighted by molar-refractivity contribution is 5.93. The monoisotopic (exact) mass is 257 g/mol. The van der Waals surface area contributed by atoms with Gasteiger partial charge in [-0.2, -0.15) is 8.78 Å².